The van der Waals surface area contributed by atoms with Gasteiger partial charge in [0.15, 0.2) is 5.78 Å². The Labute approximate surface area is 122 Å². The molecule has 0 saturated carbocycles. The van der Waals surface area contributed by atoms with Crippen LogP contribution in [-0.2, 0) is 0 Å². The van der Waals surface area contributed by atoms with Crippen molar-refractivity contribution in [2.75, 3.05) is 0 Å². The van der Waals surface area contributed by atoms with E-state index in [-0.39, 0.29) is 27.4 Å². The summed E-state index contributed by atoms with van der Waals surface area (Å²) >= 11 is 11.8. The summed E-state index contributed by atoms with van der Waals surface area (Å²) in [5.41, 5.74) is 0.100. The zero-order valence-electron chi connectivity index (χ0n) is 10.7. The van der Waals surface area contributed by atoms with E-state index in [1.165, 1.54) is 12.1 Å². The summed E-state index contributed by atoms with van der Waals surface area (Å²) in [5.74, 6) is -0.819. The van der Waals surface area contributed by atoms with Crippen LogP contribution in [0.2, 0.25) is 10.0 Å². The standard InChI is InChI=1S/C14H16Cl2FNO/c1-8-3-2-4-9(18-8)7-12(19)13-10(15)5-6-11(17)14(13)16/h5-6,8-9,18H,2-4,7H2,1H3. The number of hydrogen-bond acceptors (Lipinski definition) is 2. The highest BCUT2D eigenvalue weighted by Gasteiger charge is 2.24. The van der Waals surface area contributed by atoms with Gasteiger partial charge in [-0.2, -0.15) is 0 Å². The monoisotopic (exact) mass is 303 g/mol. The molecule has 19 heavy (non-hydrogen) atoms. The summed E-state index contributed by atoms with van der Waals surface area (Å²) in [7, 11) is 0. The minimum absolute atomic E-state index is 0.100. The third kappa shape index (κ3) is 3.47. The van der Waals surface area contributed by atoms with E-state index in [9.17, 15) is 9.18 Å². The molecule has 1 aromatic carbocycles. The van der Waals surface area contributed by atoms with Crippen LogP contribution >= 0.6 is 23.2 Å². The van der Waals surface area contributed by atoms with Crippen LogP contribution in [0.4, 0.5) is 4.39 Å². The molecule has 1 aliphatic rings. The van der Waals surface area contributed by atoms with Crippen molar-refractivity contribution in [1.82, 2.24) is 5.32 Å². The van der Waals surface area contributed by atoms with Gasteiger partial charge in [-0.15, -0.1) is 0 Å². The second kappa shape index (κ2) is 6.21. The van der Waals surface area contributed by atoms with Crippen LogP contribution in [0.15, 0.2) is 12.1 Å². The maximum atomic E-state index is 13.4. The first-order valence-corrected chi connectivity index (χ1v) is 7.17. The Morgan fingerprint density at radius 2 is 2.16 bits per heavy atom. The van der Waals surface area contributed by atoms with Crippen LogP contribution in [0, 0.1) is 5.82 Å². The fourth-order valence-corrected chi connectivity index (χ4v) is 3.09. The smallest absolute Gasteiger partial charge is 0.167 e. The van der Waals surface area contributed by atoms with Gasteiger partial charge in [0, 0.05) is 18.5 Å². The SMILES string of the molecule is CC1CCCC(CC(=O)c2c(Cl)ccc(F)c2Cl)N1. The average Bonchev–Trinajstić information content (AvgIpc) is 2.34. The minimum atomic E-state index is -0.612. The molecule has 1 N–H and O–H groups in total. The van der Waals surface area contributed by atoms with Crippen molar-refractivity contribution < 1.29 is 9.18 Å². The Morgan fingerprint density at radius 3 is 2.84 bits per heavy atom. The van der Waals surface area contributed by atoms with Crippen LogP contribution in [0.5, 0.6) is 0 Å². The molecule has 0 aromatic heterocycles. The second-order valence-corrected chi connectivity index (χ2v) is 5.83. The van der Waals surface area contributed by atoms with Crippen molar-refractivity contribution in [1.29, 1.82) is 0 Å². The highest BCUT2D eigenvalue weighted by atomic mass is 35.5. The number of carbonyl (C=O) groups is 1. The Hall–Kier alpha value is -0.640. The molecule has 0 radical (unpaired) electrons. The molecule has 0 aliphatic carbocycles. The molecule has 0 bridgehead atoms. The Bertz CT molecular complexity index is 493. The van der Waals surface area contributed by atoms with E-state index in [0.29, 0.717) is 12.5 Å². The zero-order chi connectivity index (χ0) is 14.0. The number of nitrogens with one attached hydrogen (secondary N) is 1. The van der Waals surface area contributed by atoms with Crippen LogP contribution in [-0.4, -0.2) is 17.9 Å². The summed E-state index contributed by atoms with van der Waals surface area (Å²) < 4.78 is 13.4. The van der Waals surface area contributed by atoms with E-state index in [0.717, 1.165) is 19.3 Å². The van der Waals surface area contributed by atoms with Crippen LogP contribution in [0.1, 0.15) is 43.0 Å². The number of Topliss-reactive ketones (excluding diaryl/α,β-unsaturated/α-hetero) is 1. The molecule has 1 aromatic rings. The number of carbonyl (C=O) groups excluding carboxylic acids is 1. The molecule has 2 unspecified atom stereocenters. The quantitative estimate of drug-likeness (QED) is 0.668. The molecule has 2 rings (SSSR count). The molecular weight excluding hydrogens is 288 g/mol. The molecule has 1 aliphatic heterocycles. The van der Waals surface area contributed by atoms with Crippen LogP contribution < -0.4 is 5.32 Å². The Kier molecular flexibility index (Phi) is 4.82. The molecule has 2 atom stereocenters. The van der Waals surface area contributed by atoms with Crippen molar-refractivity contribution in [3.8, 4) is 0 Å². The van der Waals surface area contributed by atoms with Gasteiger partial charge in [0.1, 0.15) is 5.82 Å². The molecule has 1 fully saturated rings. The van der Waals surface area contributed by atoms with Gasteiger partial charge in [-0.1, -0.05) is 29.6 Å². The van der Waals surface area contributed by atoms with Gasteiger partial charge < -0.3 is 5.32 Å². The topological polar surface area (TPSA) is 29.1 Å². The maximum absolute atomic E-state index is 13.4. The number of hydrogen-bond donors (Lipinski definition) is 1. The number of benzene rings is 1. The largest absolute Gasteiger partial charge is 0.311 e. The number of rotatable bonds is 3. The normalized spacial score (nSPS) is 23.4. The van der Waals surface area contributed by atoms with E-state index in [1.807, 2.05) is 0 Å². The molecule has 2 nitrogen and oxygen atoms in total. The van der Waals surface area contributed by atoms with Gasteiger partial charge in [-0.3, -0.25) is 4.79 Å². The highest BCUT2D eigenvalue weighted by Crippen LogP contribution is 2.29. The molecular formula is C14H16Cl2FNO. The lowest BCUT2D eigenvalue weighted by Gasteiger charge is -2.28. The molecule has 5 heteroatoms. The Balaban J connectivity index is 2.14. The molecule has 0 amide bonds. The van der Waals surface area contributed by atoms with Gasteiger partial charge in [0.25, 0.3) is 0 Å². The lowest BCUT2D eigenvalue weighted by atomic mass is 9.94. The summed E-state index contributed by atoms with van der Waals surface area (Å²) in [6.07, 6.45) is 3.46. The second-order valence-electron chi connectivity index (χ2n) is 5.04. The fourth-order valence-electron chi connectivity index (χ4n) is 2.51. The predicted octanol–water partition coefficient (Wildman–Crippen LogP) is 4.24. The van der Waals surface area contributed by atoms with Crippen molar-refractivity contribution in [2.45, 2.75) is 44.7 Å². The van der Waals surface area contributed by atoms with Crippen molar-refractivity contribution >= 4 is 29.0 Å². The lowest BCUT2D eigenvalue weighted by molar-refractivity contribution is 0.0959. The van der Waals surface area contributed by atoms with Gasteiger partial charge >= 0.3 is 0 Å². The number of piperidine rings is 1. The average molecular weight is 304 g/mol. The summed E-state index contributed by atoms with van der Waals surface area (Å²) in [6, 6.07) is 3.06. The fraction of sp³-hybridized carbons (Fsp3) is 0.500. The van der Waals surface area contributed by atoms with Crippen LogP contribution in [0.25, 0.3) is 0 Å². The van der Waals surface area contributed by atoms with Gasteiger partial charge in [0.2, 0.25) is 0 Å². The van der Waals surface area contributed by atoms with E-state index < -0.39 is 5.82 Å². The van der Waals surface area contributed by atoms with Crippen LogP contribution in [0.3, 0.4) is 0 Å². The number of ketones is 1. The van der Waals surface area contributed by atoms with E-state index in [1.54, 1.807) is 0 Å². The highest BCUT2D eigenvalue weighted by molar-refractivity contribution is 6.39. The van der Waals surface area contributed by atoms with E-state index in [4.69, 9.17) is 23.2 Å². The first-order valence-electron chi connectivity index (χ1n) is 6.41. The Morgan fingerprint density at radius 1 is 1.42 bits per heavy atom. The minimum Gasteiger partial charge on any atom is -0.311 e. The third-order valence-electron chi connectivity index (χ3n) is 3.46. The lowest BCUT2D eigenvalue weighted by Crippen LogP contribution is -2.41. The van der Waals surface area contributed by atoms with Crippen molar-refractivity contribution in [3.05, 3.63) is 33.6 Å². The first kappa shape index (κ1) is 14.8. The van der Waals surface area contributed by atoms with Gasteiger partial charge in [-0.25, -0.2) is 4.39 Å². The zero-order valence-corrected chi connectivity index (χ0v) is 12.2. The van der Waals surface area contributed by atoms with Crippen molar-refractivity contribution in [3.63, 3.8) is 0 Å². The molecule has 104 valence electrons. The third-order valence-corrected chi connectivity index (χ3v) is 4.15. The van der Waals surface area contributed by atoms with Gasteiger partial charge in [0.05, 0.1) is 15.6 Å². The number of halogens is 3. The summed E-state index contributed by atoms with van der Waals surface area (Å²) in [6.45, 7) is 2.10. The maximum Gasteiger partial charge on any atom is 0.167 e. The van der Waals surface area contributed by atoms with Crippen molar-refractivity contribution in [2.24, 2.45) is 0 Å². The summed E-state index contributed by atoms with van der Waals surface area (Å²) in [4.78, 5) is 12.2. The van der Waals surface area contributed by atoms with E-state index in [2.05, 4.69) is 12.2 Å². The molecule has 1 saturated heterocycles. The molecule has 0 spiro atoms. The first-order chi connectivity index (χ1) is 8.99. The summed E-state index contributed by atoms with van der Waals surface area (Å²) in [5, 5.41) is 3.40. The van der Waals surface area contributed by atoms with Gasteiger partial charge in [-0.05, 0) is 31.9 Å². The van der Waals surface area contributed by atoms with E-state index >= 15 is 0 Å². The predicted molar refractivity (Wildman–Crippen MR) is 75.6 cm³/mol. The molecule has 1 heterocycles.